The Hall–Kier alpha value is -2.84. The van der Waals surface area contributed by atoms with Crippen molar-refractivity contribution in [3.05, 3.63) is 54.3 Å². The average Bonchev–Trinajstić information content (AvgIpc) is 3.30. The number of rotatable bonds is 5. The van der Waals surface area contributed by atoms with Gasteiger partial charge in [0.1, 0.15) is 11.6 Å². The van der Waals surface area contributed by atoms with Crippen LogP contribution in [0.5, 0.6) is 0 Å². The van der Waals surface area contributed by atoms with Gasteiger partial charge < -0.3 is 19.5 Å². The quantitative estimate of drug-likeness (QED) is 0.379. The molecule has 1 aliphatic carbocycles. The van der Waals surface area contributed by atoms with Gasteiger partial charge in [0.15, 0.2) is 5.13 Å². The van der Waals surface area contributed by atoms with Crippen molar-refractivity contribution < 1.29 is 28.0 Å². The molecular formula is C21H16FN2O5PS. The fourth-order valence-corrected chi connectivity index (χ4v) is 4.78. The lowest BCUT2D eigenvalue weighted by Crippen LogP contribution is -2.12. The van der Waals surface area contributed by atoms with Gasteiger partial charge in [0.05, 0.1) is 15.8 Å². The molecule has 10 heteroatoms. The third-order valence-electron chi connectivity index (χ3n) is 5.01. The van der Waals surface area contributed by atoms with Crippen molar-refractivity contribution in [1.29, 1.82) is 0 Å². The molecule has 3 N–H and O–H groups in total. The predicted octanol–water partition coefficient (Wildman–Crippen LogP) is 4.51. The Balaban J connectivity index is 1.55. The SMILES string of the molecule is O=C(Nc1nc2cccc(-c3ccc(F)c(-c4ccc(P(=O)(O)O)o4)c3)c2s1)C1CC1. The highest BCUT2D eigenvalue weighted by Crippen LogP contribution is 2.39. The lowest BCUT2D eigenvalue weighted by molar-refractivity contribution is -0.117. The van der Waals surface area contributed by atoms with Crippen molar-refractivity contribution in [2.24, 2.45) is 5.92 Å². The number of halogens is 1. The van der Waals surface area contributed by atoms with Gasteiger partial charge >= 0.3 is 7.60 Å². The number of hydrogen-bond acceptors (Lipinski definition) is 5. The van der Waals surface area contributed by atoms with Gasteiger partial charge in [-0.25, -0.2) is 9.37 Å². The summed E-state index contributed by atoms with van der Waals surface area (Å²) < 4.78 is 31.9. The van der Waals surface area contributed by atoms with Crippen LogP contribution in [0.15, 0.2) is 52.9 Å². The molecule has 1 fully saturated rings. The van der Waals surface area contributed by atoms with Crippen LogP contribution in [0.2, 0.25) is 0 Å². The summed E-state index contributed by atoms with van der Waals surface area (Å²) in [4.78, 5) is 35.1. The maximum atomic E-state index is 14.5. The molecule has 0 atom stereocenters. The van der Waals surface area contributed by atoms with Gasteiger partial charge in [0.2, 0.25) is 11.4 Å². The molecule has 0 unspecified atom stereocenters. The first kappa shape index (κ1) is 20.1. The standard InChI is InChI=1S/C21H16FN2O5PS/c22-15-7-6-12(10-14(15)17-8-9-18(29-17)30(26,27)28)13-2-1-3-16-19(13)31-21(23-16)24-20(25)11-4-5-11/h1-3,6-11H,4-5H2,(H,23,24,25)(H2,26,27,28). The predicted molar refractivity (Wildman–Crippen MR) is 116 cm³/mol. The number of aromatic nitrogens is 1. The van der Waals surface area contributed by atoms with E-state index in [0.29, 0.717) is 16.2 Å². The van der Waals surface area contributed by atoms with Crippen LogP contribution >= 0.6 is 18.9 Å². The molecule has 0 spiro atoms. The van der Waals surface area contributed by atoms with Crippen LogP contribution in [0.4, 0.5) is 9.52 Å². The highest BCUT2D eigenvalue weighted by Gasteiger charge is 2.30. The topological polar surface area (TPSA) is 113 Å². The van der Waals surface area contributed by atoms with Crippen LogP contribution in [0.3, 0.4) is 0 Å². The van der Waals surface area contributed by atoms with Crippen LogP contribution in [-0.4, -0.2) is 20.7 Å². The maximum absolute atomic E-state index is 14.5. The van der Waals surface area contributed by atoms with E-state index in [1.165, 1.54) is 23.5 Å². The second kappa shape index (κ2) is 7.39. The summed E-state index contributed by atoms with van der Waals surface area (Å²) in [5, 5.41) is 3.37. The number of carbonyl (C=O) groups is 1. The Morgan fingerprint density at radius 1 is 1.16 bits per heavy atom. The monoisotopic (exact) mass is 458 g/mol. The lowest BCUT2D eigenvalue weighted by atomic mass is 10.0. The van der Waals surface area contributed by atoms with Gasteiger partial charge in [-0.2, -0.15) is 0 Å². The zero-order valence-corrected chi connectivity index (χ0v) is 17.6. The van der Waals surface area contributed by atoms with Crippen LogP contribution in [0, 0.1) is 11.7 Å². The molecule has 7 nitrogen and oxygen atoms in total. The molecular weight excluding hydrogens is 442 g/mol. The first-order valence-electron chi connectivity index (χ1n) is 9.46. The van der Waals surface area contributed by atoms with Crippen LogP contribution < -0.4 is 10.8 Å². The van der Waals surface area contributed by atoms with Crippen molar-refractivity contribution >= 4 is 45.7 Å². The average molecular weight is 458 g/mol. The molecule has 31 heavy (non-hydrogen) atoms. The van der Waals surface area contributed by atoms with Gasteiger partial charge in [-0.15, -0.1) is 0 Å². The van der Waals surface area contributed by atoms with Gasteiger partial charge in [0.25, 0.3) is 0 Å². The summed E-state index contributed by atoms with van der Waals surface area (Å²) in [6.07, 6.45) is 1.80. The fraction of sp³-hybridized carbons (Fsp3) is 0.143. The van der Waals surface area contributed by atoms with E-state index >= 15 is 0 Å². The van der Waals surface area contributed by atoms with E-state index in [9.17, 15) is 23.5 Å². The summed E-state index contributed by atoms with van der Waals surface area (Å²) in [6.45, 7) is 0. The maximum Gasteiger partial charge on any atom is 0.391 e. The number of fused-ring (bicyclic) bond motifs is 1. The number of nitrogens with zero attached hydrogens (tertiary/aromatic N) is 1. The molecule has 0 bridgehead atoms. The number of benzene rings is 2. The van der Waals surface area contributed by atoms with Gasteiger partial charge in [-0.3, -0.25) is 9.36 Å². The number of hydrogen-bond donors (Lipinski definition) is 3. The van der Waals surface area contributed by atoms with E-state index in [1.807, 2.05) is 18.2 Å². The fourth-order valence-electron chi connectivity index (χ4n) is 3.29. The minimum atomic E-state index is -4.58. The van der Waals surface area contributed by atoms with Crippen LogP contribution in [0.1, 0.15) is 12.8 Å². The Morgan fingerprint density at radius 2 is 1.97 bits per heavy atom. The Labute approximate surface area is 179 Å². The summed E-state index contributed by atoms with van der Waals surface area (Å²) >= 11 is 1.34. The number of nitrogens with one attached hydrogen (secondary N) is 1. The highest BCUT2D eigenvalue weighted by atomic mass is 32.1. The number of anilines is 1. The number of carbonyl (C=O) groups excluding carboxylic acids is 1. The molecule has 2 aromatic heterocycles. The molecule has 4 aromatic rings. The smallest absolute Gasteiger partial charge is 0.391 e. The molecule has 0 saturated heterocycles. The third-order valence-corrected chi connectivity index (χ3v) is 6.85. The van der Waals surface area contributed by atoms with Crippen molar-refractivity contribution in [3.63, 3.8) is 0 Å². The summed E-state index contributed by atoms with van der Waals surface area (Å²) in [5.74, 6) is -0.517. The lowest BCUT2D eigenvalue weighted by Gasteiger charge is -2.07. The van der Waals surface area contributed by atoms with Gasteiger partial charge in [-0.1, -0.05) is 29.5 Å². The second-order valence-corrected chi connectivity index (χ2v) is 9.84. The largest absolute Gasteiger partial charge is 0.448 e. The molecule has 1 saturated carbocycles. The van der Waals surface area contributed by atoms with Crippen molar-refractivity contribution in [2.45, 2.75) is 12.8 Å². The van der Waals surface area contributed by atoms with Crippen molar-refractivity contribution in [1.82, 2.24) is 4.98 Å². The van der Waals surface area contributed by atoms with E-state index in [0.717, 1.165) is 29.2 Å². The molecule has 0 radical (unpaired) electrons. The van der Waals surface area contributed by atoms with Crippen LogP contribution in [-0.2, 0) is 9.36 Å². The molecule has 2 heterocycles. The number of amides is 1. The Bertz CT molecular complexity index is 1370. The Kier molecular flexibility index (Phi) is 4.79. The zero-order chi connectivity index (χ0) is 21.8. The molecule has 1 aliphatic rings. The van der Waals surface area contributed by atoms with E-state index in [2.05, 4.69) is 10.3 Å². The second-order valence-electron chi connectivity index (χ2n) is 7.31. The van der Waals surface area contributed by atoms with Crippen molar-refractivity contribution in [3.8, 4) is 22.5 Å². The number of thiazole rings is 1. The molecule has 5 rings (SSSR count). The van der Waals surface area contributed by atoms with E-state index in [4.69, 9.17) is 4.42 Å². The van der Waals surface area contributed by atoms with E-state index < -0.39 is 18.9 Å². The van der Waals surface area contributed by atoms with E-state index in [1.54, 1.807) is 12.1 Å². The van der Waals surface area contributed by atoms with Gasteiger partial charge in [-0.05, 0) is 48.7 Å². The third kappa shape index (κ3) is 3.93. The first-order chi connectivity index (χ1) is 14.8. The minimum Gasteiger partial charge on any atom is -0.448 e. The summed E-state index contributed by atoms with van der Waals surface area (Å²) in [6, 6.07) is 12.5. The van der Waals surface area contributed by atoms with Crippen molar-refractivity contribution in [2.75, 3.05) is 5.32 Å². The van der Waals surface area contributed by atoms with Crippen LogP contribution in [0.25, 0.3) is 32.7 Å². The summed E-state index contributed by atoms with van der Waals surface area (Å²) in [5.41, 5.74) is 1.75. The first-order valence-corrected chi connectivity index (χ1v) is 11.9. The molecule has 2 aromatic carbocycles. The number of furan rings is 1. The molecule has 0 aliphatic heterocycles. The zero-order valence-electron chi connectivity index (χ0n) is 15.9. The Morgan fingerprint density at radius 3 is 2.68 bits per heavy atom. The summed E-state index contributed by atoms with van der Waals surface area (Å²) in [7, 11) is -4.58. The molecule has 1 amide bonds. The molecule has 158 valence electrons. The van der Waals surface area contributed by atoms with E-state index in [-0.39, 0.29) is 23.1 Å². The highest BCUT2D eigenvalue weighted by molar-refractivity contribution is 7.59. The normalized spacial score (nSPS) is 14.2. The minimum absolute atomic E-state index is 0.0199. The van der Waals surface area contributed by atoms with Gasteiger partial charge in [0, 0.05) is 11.5 Å².